The third-order valence-electron chi connectivity index (χ3n) is 2.25. The zero-order valence-electron chi connectivity index (χ0n) is 9.16. The number of para-hydroxylation sites is 1. The van der Waals surface area contributed by atoms with Crippen LogP contribution < -0.4 is 10.5 Å². The zero-order valence-corrected chi connectivity index (χ0v) is 9.98. The Kier molecular flexibility index (Phi) is 2.86. The predicted molar refractivity (Wildman–Crippen MR) is 64.2 cm³/mol. The van der Waals surface area contributed by atoms with E-state index in [9.17, 15) is 8.42 Å². The smallest absolute Gasteiger partial charge is 0.261 e. The summed E-state index contributed by atoms with van der Waals surface area (Å²) in [6.07, 6.45) is 1.47. The van der Waals surface area contributed by atoms with Crippen molar-refractivity contribution < 1.29 is 8.42 Å². The third-order valence-corrected chi connectivity index (χ3v) is 3.61. The number of sulfonamides is 1. The number of benzene rings is 1. The summed E-state index contributed by atoms with van der Waals surface area (Å²) in [5, 5.41) is 3.80. The number of aromatic nitrogens is 2. The molecule has 0 bridgehead atoms. The van der Waals surface area contributed by atoms with Crippen LogP contribution in [0.4, 0.5) is 5.69 Å². The zero-order chi connectivity index (χ0) is 12.5. The lowest BCUT2D eigenvalue weighted by Gasteiger charge is -2.00. The largest absolute Gasteiger partial charge is 0.395 e. The molecule has 1 heterocycles. The van der Waals surface area contributed by atoms with Crippen LogP contribution in [0.1, 0.15) is 0 Å². The molecule has 0 spiro atoms. The van der Waals surface area contributed by atoms with Gasteiger partial charge in [0.1, 0.15) is 0 Å². The summed E-state index contributed by atoms with van der Waals surface area (Å²) in [6, 6.07) is 9.14. The van der Waals surface area contributed by atoms with Gasteiger partial charge in [0.2, 0.25) is 5.03 Å². The average Bonchev–Trinajstić information content (AvgIpc) is 2.73. The standard InChI is InChI=1S/C10H12N4O2S/c1-12-17(15,16)10-9(11)7-14(13-10)8-5-3-2-4-6-8/h2-7,12H,11H2,1H3. The minimum atomic E-state index is -3.62. The fourth-order valence-corrected chi connectivity index (χ4v) is 2.14. The number of nitrogens with one attached hydrogen (secondary N) is 1. The van der Waals surface area contributed by atoms with Gasteiger partial charge in [-0.3, -0.25) is 0 Å². The van der Waals surface area contributed by atoms with E-state index in [0.29, 0.717) is 0 Å². The summed E-state index contributed by atoms with van der Waals surface area (Å²) >= 11 is 0. The fourth-order valence-electron chi connectivity index (χ4n) is 1.39. The molecule has 0 aliphatic heterocycles. The summed E-state index contributed by atoms with van der Waals surface area (Å²) in [4.78, 5) is 0. The van der Waals surface area contributed by atoms with Gasteiger partial charge in [-0.05, 0) is 19.2 Å². The van der Waals surface area contributed by atoms with Crippen molar-refractivity contribution >= 4 is 15.7 Å². The molecular formula is C10H12N4O2S. The highest BCUT2D eigenvalue weighted by molar-refractivity contribution is 7.89. The van der Waals surface area contributed by atoms with Gasteiger partial charge in [-0.25, -0.2) is 17.8 Å². The van der Waals surface area contributed by atoms with Crippen LogP contribution >= 0.6 is 0 Å². The first-order chi connectivity index (χ1) is 8.04. The van der Waals surface area contributed by atoms with E-state index in [1.807, 2.05) is 30.3 Å². The number of anilines is 1. The van der Waals surface area contributed by atoms with Crippen molar-refractivity contribution in [2.75, 3.05) is 12.8 Å². The van der Waals surface area contributed by atoms with E-state index in [2.05, 4.69) is 9.82 Å². The van der Waals surface area contributed by atoms with Crippen LogP contribution in [0.25, 0.3) is 5.69 Å². The SMILES string of the molecule is CNS(=O)(=O)c1nn(-c2ccccc2)cc1N. The molecule has 6 nitrogen and oxygen atoms in total. The molecule has 3 N–H and O–H groups in total. The Hall–Kier alpha value is -1.86. The number of hydrogen-bond donors (Lipinski definition) is 2. The maximum Gasteiger partial charge on any atom is 0.261 e. The van der Waals surface area contributed by atoms with Crippen LogP contribution in [-0.4, -0.2) is 25.2 Å². The molecule has 0 amide bonds. The lowest BCUT2D eigenvalue weighted by atomic mass is 10.3. The Bertz CT molecular complexity index is 619. The lowest BCUT2D eigenvalue weighted by Crippen LogP contribution is -2.20. The molecule has 0 saturated heterocycles. The average molecular weight is 252 g/mol. The highest BCUT2D eigenvalue weighted by Gasteiger charge is 2.20. The molecule has 0 radical (unpaired) electrons. The van der Waals surface area contributed by atoms with Gasteiger partial charge >= 0.3 is 0 Å². The molecule has 1 aromatic carbocycles. The van der Waals surface area contributed by atoms with E-state index < -0.39 is 10.0 Å². The molecule has 0 saturated carbocycles. The van der Waals surface area contributed by atoms with Crippen molar-refractivity contribution in [3.8, 4) is 5.69 Å². The van der Waals surface area contributed by atoms with E-state index in [-0.39, 0.29) is 10.7 Å². The van der Waals surface area contributed by atoms with E-state index in [1.54, 1.807) is 0 Å². The Morgan fingerprint density at radius 3 is 2.53 bits per heavy atom. The molecule has 0 aliphatic rings. The summed E-state index contributed by atoms with van der Waals surface area (Å²) in [7, 11) is -2.31. The van der Waals surface area contributed by atoms with Gasteiger partial charge in [-0.15, -0.1) is 0 Å². The van der Waals surface area contributed by atoms with E-state index >= 15 is 0 Å². The van der Waals surface area contributed by atoms with Gasteiger partial charge in [0.05, 0.1) is 17.6 Å². The van der Waals surface area contributed by atoms with Gasteiger partial charge in [-0.1, -0.05) is 18.2 Å². The molecule has 0 atom stereocenters. The van der Waals surface area contributed by atoms with Crippen LogP contribution in [0.3, 0.4) is 0 Å². The van der Waals surface area contributed by atoms with E-state index in [0.717, 1.165) is 5.69 Å². The van der Waals surface area contributed by atoms with E-state index in [4.69, 9.17) is 5.73 Å². The number of rotatable bonds is 3. The van der Waals surface area contributed by atoms with Crippen LogP contribution in [0.15, 0.2) is 41.6 Å². The summed E-state index contributed by atoms with van der Waals surface area (Å²) in [6.45, 7) is 0. The number of nitrogen functional groups attached to an aromatic ring is 1. The number of hydrogen-bond acceptors (Lipinski definition) is 4. The van der Waals surface area contributed by atoms with Crippen LogP contribution in [0, 0.1) is 0 Å². The second-order valence-electron chi connectivity index (χ2n) is 3.38. The molecule has 0 aliphatic carbocycles. The summed E-state index contributed by atoms with van der Waals surface area (Å²) in [5.74, 6) is 0. The molecule has 7 heteroatoms. The molecule has 0 fully saturated rings. The first-order valence-electron chi connectivity index (χ1n) is 4.89. The third kappa shape index (κ3) is 2.15. The maximum atomic E-state index is 11.6. The Labute approximate surface area is 99.1 Å². The number of nitrogens with zero attached hydrogens (tertiary/aromatic N) is 2. The Morgan fingerprint density at radius 2 is 1.94 bits per heavy atom. The van der Waals surface area contributed by atoms with Gasteiger partial charge in [0, 0.05) is 0 Å². The normalized spacial score (nSPS) is 11.6. The van der Waals surface area contributed by atoms with Crippen LogP contribution in [0.2, 0.25) is 0 Å². The minimum absolute atomic E-state index is 0.114. The molecule has 2 aromatic rings. The first-order valence-corrected chi connectivity index (χ1v) is 6.37. The maximum absolute atomic E-state index is 11.6. The highest BCUT2D eigenvalue weighted by atomic mass is 32.2. The second kappa shape index (κ2) is 4.19. The molecule has 1 aromatic heterocycles. The van der Waals surface area contributed by atoms with Crippen molar-refractivity contribution in [1.29, 1.82) is 0 Å². The van der Waals surface area contributed by atoms with Gasteiger partial charge in [-0.2, -0.15) is 5.10 Å². The summed E-state index contributed by atoms with van der Waals surface area (Å²) < 4.78 is 26.8. The fraction of sp³-hybridized carbons (Fsp3) is 0.100. The predicted octanol–water partition coefficient (Wildman–Crippen LogP) is 0.363. The summed E-state index contributed by atoms with van der Waals surface area (Å²) in [5.41, 5.74) is 6.50. The highest BCUT2D eigenvalue weighted by Crippen LogP contribution is 2.17. The lowest BCUT2D eigenvalue weighted by molar-refractivity contribution is 0.583. The van der Waals surface area contributed by atoms with Crippen molar-refractivity contribution in [3.63, 3.8) is 0 Å². The van der Waals surface area contributed by atoms with E-state index in [1.165, 1.54) is 17.9 Å². The van der Waals surface area contributed by atoms with Crippen LogP contribution in [0.5, 0.6) is 0 Å². The molecule has 90 valence electrons. The van der Waals surface area contributed by atoms with Crippen molar-refractivity contribution in [2.24, 2.45) is 0 Å². The molecule has 17 heavy (non-hydrogen) atoms. The van der Waals surface area contributed by atoms with Gasteiger partial charge < -0.3 is 5.73 Å². The van der Waals surface area contributed by atoms with Gasteiger partial charge in [0.15, 0.2) is 0 Å². The van der Waals surface area contributed by atoms with Crippen molar-refractivity contribution in [3.05, 3.63) is 36.5 Å². The van der Waals surface area contributed by atoms with Crippen molar-refractivity contribution in [1.82, 2.24) is 14.5 Å². The second-order valence-corrected chi connectivity index (χ2v) is 5.18. The first kappa shape index (κ1) is 11.6. The quantitative estimate of drug-likeness (QED) is 0.825. The number of nitrogens with two attached hydrogens (primary N) is 1. The Balaban J connectivity index is 2.52. The topological polar surface area (TPSA) is 90.0 Å². The van der Waals surface area contributed by atoms with Crippen LogP contribution in [-0.2, 0) is 10.0 Å². The van der Waals surface area contributed by atoms with Gasteiger partial charge in [0.25, 0.3) is 10.0 Å². The molecular weight excluding hydrogens is 240 g/mol. The van der Waals surface area contributed by atoms with Crippen molar-refractivity contribution in [2.45, 2.75) is 5.03 Å². The minimum Gasteiger partial charge on any atom is -0.395 e. The molecule has 0 unspecified atom stereocenters. The monoisotopic (exact) mass is 252 g/mol. The molecule has 2 rings (SSSR count). The Morgan fingerprint density at radius 1 is 1.29 bits per heavy atom.